The lowest BCUT2D eigenvalue weighted by Crippen LogP contribution is -2.35. The van der Waals surface area contributed by atoms with Gasteiger partial charge in [-0.25, -0.2) is 4.98 Å². The van der Waals surface area contributed by atoms with E-state index in [1.165, 1.54) is 5.56 Å². The molecule has 0 aliphatic carbocycles. The van der Waals surface area contributed by atoms with Gasteiger partial charge in [0.25, 0.3) is 0 Å². The van der Waals surface area contributed by atoms with Crippen LogP contribution in [-0.4, -0.2) is 51.1 Å². The Labute approximate surface area is 186 Å². The number of hydrogen-bond donors (Lipinski definition) is 2. The Morgan fingerprint density at radius 2 is 1.93 bits per heavy atom. The zero-order chi connectivity index (χ0) is 21.3. The molecular weight excluding hydrogens is 420 g/mol. The van der Waals surface area contributed by atoms with Crippen LogP contribution >= 0.6 is 11.6 Å². The highest BCUT2D eigenvalue weighted by atomic mass is 35.5. The van der Waals surface area contributed by atoms with Crippen LogP contribution in [0.25, 0.3) is 0 Å². The topological polar surface area (TPSA) is 84.3 Å². The van der Waals surface area contributed by atoms with Gasteiger partial charge in [0, 0.05) is 24.5 Å². The number of piperidine rings is 1. The molecule has 30 heavy (non-hydrogen) atoms. The lowest BCUT2D eigenvalue weighted by Gasteiger charge is -2.33. The van der Waals surface area contributed by atoms with Crippen molar-refractivity contribution in [3.63, 3.8) is 0 Å². The van der Waals surface area contributed by atoms with Crippen molar-refractivity contribution in [1.29, 1.82) is 0 Å². The van der Waals surface area contributed by atoms with Crippen LogP contribution in [0.5, 0.6) is 0 Å². The van der Waals surface area contributed by atoms with E-state index < -0.39 is 11.2 Å². The van der Waals surface area contributed by atoms with E-state index in [2.05, 4.69) is 36.2 Å². The fraction of sp³-hybridized carbons (Fsp3) is 0.545. The summed E-state index contributed by atoms with van der Waals surface area (Å²) in [6, 6.07) is 8.01. The second kappa shape index (κ2) is 9.30. The molecule has 0 amide bonds. The third-order valence-corrected chi connectivity index (χ3v) is 7.83. The largest absolute Gasteiger partial charge is 0.611 e. The molecular formula is C22H29ClN4O2S. The molecule has 6 nitrogen and oxygen atoms in total. The van der Waals surface area contributed by atoms with Gasteiger partial charge in [-0.1, -0.05) is 37.6 Å². The highest BCUT2D eigenvalue weighted by Crippen LogP contribution is 2.35. The fourth-order valence-corrected chi connectivity index (χ4v) is 5.61. The summed E-state index contributed by atoms with van der Waals surface area (Å²) in [5, 5.41) is 13.9. The van der Waals surface area contributed by atoms with Crippen LogP contribution in [-0.2, 0) is 17.6 Å². The van der Waals surface area contributed by atoms with E-state index in [0.29, 0.717) is 34.8 Å². The average molecular weight is 449 g/mol. The monoisotopic (exact) mass is 448 g/mol. The Morgan fingerprint density at radius 3 is 2.57 bits per heavy atom. The molecule has 2 aromatic rings. The van der Waals surface area contributed by atoms with Crippen LogP contribution in [0.15, 0.2) is 29.2 Å². The van der Waals surface area contributed by atoms with Crippen LogP contribution in [0.1, 0.15) is 43.9 Å². The van der Waals surface area contributed by atoms with Crippen LogP contribution in [0.3, 0.4) is 0 Å². The molecule has 2 aliphatic heterocycles. The molecule has 2 aliphatic rings. The molecule has 2 atom stereocenters. The lowest BCUT2D eigenvalue weighted by molar-refractivity contribution is 0.248. The van der Waals surface area contributed by atoms with Gasteiger partial charge in [-0.05, 0) is 53.5 Å². The minimum Gasteiger partial charge on any atom is -0.611 e. The van der Waals surface area contributed by atoms with Crippen LogP contribution < -0.4 is 10.2 Å². The molecule has 4 rings (SSSR count). The van der Waals surface area contributed by atoms with Gasteiger partial charge in [0.05, 0.1) is 12.6 Å². The first-order chi connectivity index (χ1) is 14.5. The highest BCUT2D eigenvalue weighted by Gasteiger charge is 2.34. The molecule has 2 unspecified atom stereocenters. The summed E-state index contributed by atoms with van der Waals surface area (Å²) < 4.78 is 12.5. The molecule has 0 radical (unpaired) electrons. The standard InChI is InChI=1S/C22H29ClN4O2S/c1-14(2)19(13-28)24-21-20-18(9-12-30(20)29)25-22(26-21)27-10-7-16(8-11-27)15-3-5-17(23)6-4-15/h3-6,14,16,19,28H,7-13H2,1-2H3,(H,24,25,26). The first-order valence-corrected chi connectivity index (χ1v) is 12.3. The third-order valence-electron chi connectivity index (χ3n) is 6.12. The maximum atomic E-state index is 12.5. The van der Waals surface area contributed by atoms with Crippen molar-refractivity contribution in [2.75, 3.05) is 35.7 Å². The van der Waals surface area contributed by atoms with Gasteiger partial charge < -0.3 is 19.9 Å². The second-order valence-corrected chi connectivity index (χ2v) is 10.4. The number of rotatable bonds is 6. The first kappa shape index (κ1) is 21.7. The minimum atomic E-state index is -1.09. The zero-order valence-electron chi connectivity index (χ0n) is 17.5. The van der Waals surface area contributed by atoms with Gasteiger partial charge in [0.2, 0.25) is 10.8 Å². The number of hydrogen-bond acceptors (Lipinski definition) is 6. The quantitative estimate of drug-likeness (QED) is 0.657. The number of benzene rings is 1. The Kier molecular flexibility index (Phi) is 6.72. The van der Waals surface area contributed by atoms with Gasteiger partial charge in [0.15, 0.2) is 5.82 Å². The number of aliphatic hydroxyl groups is 1. The van der Waals surface area contributed by atoms with Crippen LogP contribution in [0.4, 0.5) is 11.8 Å². The summed E-state index contributed by atoms with van der Waals surface area (Å²) in [5.74, 6) is 2.65. The predicted octanol–water partition coefficient (Wildman–Crippen LogP) is 3.61. The van der Waals surface area contributed by atoms with Crippen LogP contribution in [0, 0.1) is 5.92 Å². The Morgan fingerprint density at radius 1 is 1.23 bits per heavy atom. The van der Waals surface area contributed by atoms with Crippen molar-refractivity contribution in [3.05, 3.63) is 40.5 Å². The van der Waals surface area contributed by atoms with Crippen molar-refractivity contribution in [3.8, 4) is 0 Å². The number of halogens is 1. The zero-order valence-corrected chi connectivity index (χ0v) is 19.0. The molecule has 162 valence electrons. The number of anilines is 2. The van der Waals surface area contributed by atoms with Crippen molar-refractivity contribution in [2.24, 2.45) is 5.92 Å². The normalized spacial score (nSPS) is 20.5. The average Bonchev–Trinajstić information content (AvgIpc) is 3.13. The Bertz CT molecular complexity index is 872. The van der Waals surface area contributed by atoms with E-state index in [1.54, 1.807) is 0 Å². The fourth-order valence-electron chi connectivity index (χ4n) is 4.17. The summed E-state index contributed by atoms with van der Waals surface area (Å²) in [6.45, 7) is 5.86. The molecule has 0 bridgehead atoms. The van der Waals surface area contributed by atoms with Gasteiger partial charge in [-0.2, -0.15) is 4.98 Å². The van der Waals surface area contributed by atoms with Crippen molar-refractivity contribution >= 4 is 34.5 Å². The summed E-state index contributed by atoms with van der Waals surface area (Å²) in [4.78, 5) is 12.5. The van der Waals surface area contributed by atoms with Gasteiger partial charge in [-0.3, -0.25) is 0 Å². The third kappa shape index (κ3) is 4.54. The molecule has 1 fully saturated rings. The van der Waals surface area contributed by atoms with Crippen molar-refractivity contribution in [2.45, 2.75) is 50.0 Å². The lowest BCUT2D eigenvalue weighted by atomic mass is 9.89. The number of aliphatic hydroxyl groups excluding tert-OH is 1. The van der Waals surface area contributed by atoms with E-state index in [9.17, 15) is 9.66 Å². The number of aromatic nitrogens is 2. The first-order valence-electron chi connectivity index (χ1n) is 10.6. The molecule has 1 aromatic carbocycles. The molecule has 0 spiro atoms. The molecule has 1 aromatic heterocycles. The minimum absolute atomic E-state index is 0.00486. The van der Waals surface area contributed by atoms with E-state index in [-0.39, 0.29) is 18.6 Å². The summed E-state index contributed by atoms with van der Waals surface area (Å²) >= 11 is 4.94. The van der Waals surface area contributed by atoms with Gasteiger partial charge in [-0.15, -0.1) is 0 Å². The van der Waals surface area contributed by atoms with Gasteiger partial charge in [0.1, 0.15) is 11.4 Å². The molecule has 8 heteroatoms. The van der Waals surface area contributed by atoms with E-state index >= 15 is 0 Å². The number of nitrogens with one attached hydrogen (secondary N) is 1. The Hall–Kier alpha value is -1.54. The second-order valence-electron chi connectivity index (χ2n) is 8.44. The summed E-state index contributed by atoms with van der Waals surface area (Å²) in [5.41, 5.74) is 2.20. The SMILES string of the molecule is CC(C)C(CO)Nc1nc(N2CCC(c3ccc(Cl)cc3)CC2)nc2c1[S+]([O-])CC2. The maximum Gasteiger partial charge on any atom is 0.227 e. The highest BCUT2D eigenvalue weighted by molar-refractivity contribution is 7.91. The van der Waals surface area contributed by atoms with Crippen LogP contribution in [0.2, 0.25) is 5.02 Å². The Balaban J connectivity index is 1.53. The summed E-state index contributed by atoms with van der Waals surface area (Å²) in [6.07, 6.45) is 2.77. The van der Waals surface area contributed by atoms with E-state index in [1.807, 2.05) is 12.1 Å². The molecule has 3 heterocycles. The van der Waals surface area contributed by atoms with E-state index in [0.717, 1.165) is 36.6 Å². The van der Waals surface area contributed by atoms with Crippen molar-refractivity contribution < 1.29 is 9.66 Å². The van der Waals surface area contributed by atoms with E-state index in [4.69, 9.17) is 21.6 Å². The number of nitrogens with zero attached hydrogens (tertiary/aromatic N) is 3. The summed E-state index contributed by atoms with van der Waals surface area (Å²) in [7, 11) is 0. The number of aryl methyl sites for hydroxylation is 1. The van der Waals surface area contributed by atoms with Gasteiger partial charge >= 0.3 is 0 Å². The maximum absolute atomic E-state index is 12.5. The van der Waals surface area contributed by atoms with Crippen molar-refractivity contribution in [1.82, 2.24) is 9.97 Å². The molecule has 1 saturated heterocycles. The number of fused-ring (bicyclic) bond motifs is 1. The molecule has 2 N–H and O–H groups in total. The molecule has 0 saturated carbocycles. The smallest absolute Gasteiger partial charge is 0.227 e. The predicted molar refractivity (Wildman–Crippen MR) is 122 cm³/mol.